The summed E-state index contributed by atoms with van der Waals surface area (Å²) in [6.07, 6.45) is 2.65. The van der Waals surface area contributed by atoms with E-state index in [2.05, 4.69) is 55.4 Å². The number of rotatable bonds is 3. The molecule has 96 valence electrons. The van der Waals surface area contributed by atoms with Crippen LogP contribution in [0.5, 0.6) is 0 Å². The fraction of sp³-hybridized carbons (Fsp3) is 0.462. The minimum atomic E-state index is 0.476. The van der Waals surface area contributed by atoms with E-state index in [1.807, 2.05) is 0 Å². The lowest BCUT2D eigenvalue weighted by molar-refractivity contribution is 0.634. The van der Waals surface area contributed by atoms with Crippen molar-refractivity contribution >= 4 is 50.3 Å². The lowest BCUT2D eigenvalue weighted by Gasteiger charge is -2.12. The maximum atomic E-state index is 6.03. The summed E-state index contributed by atoms with van der Waals surface area (Å²) >= 11 is 11.6. The first-order chi connectivity index (χ1) is 8.78. The van der Waals surface area contributed by atoms with Crippen molar-refractivity contribution in [2.45, 2.75) is 30.5 Å². The maximum absolute atomic E-state index is 6.03. The minimum Gasteiger partial charge on any atom is -0.326 e. The number of aromatic nitrogens is 2. The van der Waals surface area contributed by atoms with Crippen molar-refractivity contribution in [3.63, 3.8) is 0 Å². The van der Waals surface area contributed by atoms with Gasteiger partial charge in [0.1, 0.15) is 5.82 Å². The van der Waals surface area contributed by atoms with Crippen LogP contribution in [0.3, 0.4) is 0 Å². The van der Waals surface area contributed by atoms with Gasteiger partial charge in [-0.25, -0.2) is 4.98 Å². The summed E-state index contributed by atoms with van der Waals surface area (Å²) in [7, 11) is 0. The van der Waals surface area contributed by atoms with Crippen LogP contribution in [0.25, 0.3) is 11.0 Å². The Morgan fingerprint density at radius 2 is 2.39 bits per heavy atom. The van der Waals surface area contributed by atoms with E-state index >= 15 is 0 Å². The average Bonchev–Trinajstić information content (AvgIpc) is 2.97. The Balaban J connectivity index is 2.01. The van der Waals surface area contributed by atoms with E-state index < -0.39 is 0 Å². The van der Waals surface area contributed by atoms with Gasteiger partial charge in [0.25, 0.3) is 0 Å². The highest BCUT2D eigenvalue weighted by atomic mass is 79.9. The molecule has 1 unspecified atom stereocenters. The predicted octanol–water partition coefficient (Wildman–Crippen LogP) is 4.43. The normalized spacial score (nSPS) is 19.8. The fourth-order valence-corrected chi connectivity index (χ4v) is 4.26. The SMILES string of the molecule is ClCc1nc2cc(Br)ccc2n1CC1CCCS1. The number of imidazole rings is 1. The molecule has 0 saturated carbocycles. The van der Waals surface area contributed by atoms with Crippen molar-refractivity contribution < 1.29 is 0 Å². The summed E-state index contributed by atoms with van der Waals surface area (Å²) in [5.74, 6) is 2.75. The van der Waals surface area contributed by atoms with Crippen LogP contribution in [0.2, 0.25) is 0 Å². The van der Waals surface area contributed by atoms with Crippen molar-refractivity contribution in [3.05, 3.63) is 28.5 Å². The van der Waals surface area contributed by atoms with Gasteiger partial charge in [0.2, 0.25) is 0 Å². The second kappa shape index (κ2) is 5.43. The van der Waals surface area contributed by atoms with E-state index in [1.54, 1.807) is 0 Å². The lowest BCUT2D eigenvalue weighted by Crippen LogP contribution is -2.12. The molecule has 1 atom stereocenters. The lowest BCUT2D eigenvalue weighted by atomic mass is 10.2. The van der Waals surface area contributed by atoms with Gasteiger partial charge < -0.3 is 4.57 Å². The quantitative estimate of drug-likeness (QED) is 0.766. The predicted molar refractivity (Wildman–Crippen MR) is 82.5 cm³/mol. The molecule has 18 heavy (non-hydrogen) atoms. The largest absolute Gasteiger partial charge is 0.326 e. The second-order valence-corrected chi connectivity index (χ2v) is 7.13. The number of alkyl halides is 1. The van der Waals surface area contributed by atoms with Gasteiger partial charge in [0, 0.05) is 16.3 Å². The van der Waals surface area contributed by atoms with Crippen molar-refractivity contribution in [1.29, 1.82) is 0 Å². The molecule has 1 aliphatic heterocycles. The molecule has 1 aliphatic rings. The first kappa shape index (κ1) is 12.8. The first-order valence-corrected chi connectivity index (χ1v) is 8.48. The van der Waals surface area contributed by atoms with Gasteiger partial charge in [0.05, 0.1) is 16.9 Å². The highest BCUT2D eigenvalue weighted by molar-refractivity contribution is 9.10. The van der Waals surface area contributed by atoms with Crippen molar-refractivity contribution in [3.8, 4) is 0 Å². The Bertz CT molecular complexity index is 563. The zero-order valence-electron chi connectivity index (χ0n) is 9.90. The molecule has 2 nitrogen and oxygen atoms in total. The highest BCUT2D eigenvalue weighted by Crippen LogP contribution is 2.30. The number of benzene rings is 1. The Labute approximate surface area is 124 Å². The third-order valence-electron chi connectivity index (χ3n) is 3.32. The molecular weight excluding hydrogens is 332 g/mol. The molecule has 0 spiro atoms. The van der Waals surface area contributed by atoms with Crippen molar-refractivity contribution in [1.82, 2.24) is 9.55 Å². The van der Waals surface area contributed by atoms with E-state index in [0.29, 0.717) is 11.1 Å². The molecule has 1 saturated heterocycles. The molecule has 0 N–H and O–H groups in total. The topological polar surface area (TPSA) is 17.8 Å². The van der Waals surface area contributed by atoms with Crippen LogP contribution in [0.4, 0.5) is 0 Å². The molecule has 0 amide bonds. The van der Waals surface area contributed by atoms with Gasteiger partial charge in [-0.3, -0.25) is 0 Å². The van der Waals surface area contributed by atoms with Gasteiger partial charge in [-0.05, 0) is 36.8 Å². The Morgan fingerprint density at radius 1 is 1.50 bits per heavy atom. The summed E-state index contributed by atoms with van der Waals surface area (Å²) in [5, 5.41) is 0.716. The monoisotopic (exact) mass is 344 g/mol. The standard InChI is InChI=1S/C13H14BrClN2S/c14-9-3-4-12-11(6-9)16-13(7-15)17(12)8-10-2-1-5-18-10/h3-4,6,10H,1-2,5,7-8H2. The molecule has 1 aromatic carbocycles. The molecule has 5 heteroatoms. The Morgan fingerprint density at radius 3 is 3.11 bits per heavy atom. The summed E-state index contributed by atoms with van der Waals surface area (Å²) < 4.78 is 3.36. The fourth-order valence-electron chi connectivity index (χ4n) is 2.45. The van der Waals surface area contributed by atoms with E-state index in [1.165, 1.54) is 24.1 Å². The maximum Gasteiger partial charge on any atom is 0.124 e. The van der Waals surface area contributed by atoms with Gasteiger partial charge in [-0.1, -0.05) is 15.9 Å². The number of thioether (sulfide) groups is 1. The zero-order chi connectivity index (χ0) is 12.5. The number of hydrogen-bond donors (Lipinski definition) is 0. The molecule has 0 radical (unpaired) electrons. The number of nitrogens with zero attached hydrogens (tertiary/aromatic N) is 2. The number of halogens is 2. The van der Waals surface area contributed by atoms with Crippen LogP contribution in [-0.2, 0) is 12.4 Å². The summed E-state index contributed by atoms with van der Waals surface area (Å²) in [6.45, 7) is 1.03. The van der Waals surface area contributed by atoms with E-state index in [0.717, 1.165) is 22.4 Å². The van der Waals surface area contributed by atoms with Crippen LogP contribution in [-0.4, -0.2) is 20.6 Å². The average molecular weight is 346 g/mol. The first-order valence-electron chi connectivity index (χ1n) is 6.10. The molecule has 1 aromatic heterocycles. The van der Waals surface area contributed by atoms with Gasteiger partial charge >= 0.3 is 0 Å². The van der Waals surface area contributed by atoms with E-state index in [9.17, 15) is 0 Å². The Kier molecular flexibility index (Phi) is 3.87. The van der Waals surface area contributed by atoms with Gasteiger partial charge in [-0.15, -0.1) is 11.6 Å². The van der Waals surface area contributed by atoms with Crippen molar-refractivity contribution in [2.24, 2.45) is 0 Å². The van der Waals surface area contributed by atoms with Crippen LogP contribution in [0, 0.1) is 0 Å². The van der Waals surface area contributed by atoms with Crippen LogP contribution in [0.15, 0.2) is 22.7 Å². The zero-order valence-corrected chi connectivity index (χ0v) is 13.1. The third-order valence-corrected chi connectivity index (χ3v) is 5.43. The molecular formula is C13H14BrClN2S. The molecule has 2 heterocycles. The van der Waals surface area contributed by atoms with Gasteiger partial charge in [0.15, 0.2) is 0 Å². The summed E-state index contributed by atoms with van der Waals surface area (Å²) in [6, 6.07) is 6.26. The molecule has 3 rings (SSSR count). The second-order valence-electron chi connectivity index (χ2n) is 4.54. The molecule has 1 fully saturated rings. The highest BCUT2D eigenvalue weighted by Gasteiger charge is 2.19. The van der Waals surface area contributed by atoms with Crippen LogP contribution >= 0.6 is 39.3 Å². The summed E-state index contributed by atoms with van der Waals surface area (Å²) in [5.41, 5.74) is 2.23. The van der Waals surface area contributed by atoms with Crippen molar-refractivity contribution in [2.75, 3.05) is 5.75 Å². The third kappa shape index (κ3) is 2.43. The molecule has 0 bridgehead atoms. The van der Waals surface area contributed by atoms with Gasteiger partial charge in [-0.2, -0.15) is 11.8 Å². The number of fused-ring (bicyclic) bond motifs is 1. The van der Waals surface area contributed by atoms with Crippen LogP contribution in [0.1, 0.15) is 18.7 Å². The number of hydrogen-bond acceptors (Lipinski definition) is 2. The Hall–Kier alpha value is -0.190. The van der Waals surface area contributed by atoms with Crippen LogP contribution < -0.4 is 0 Å². The molecule has 0 aliphatic carbocycles. The molecule has 2 aromatic rings. The van der Waals surface area contributed by atoms with E-state index in [4.69, 9.17) is 11.6 Å². The smallest absolute Gasteiger partial charge is 0.124 e. The van der Waals surface area contributed by atoms with E-state index in [-0.39, 0.29) is 0 Å². The summed E-state index contributed by atoms with van der Waals surface area (Å²) in [4.78, 5) is 4.63. The minimum absolute atomic E-state index is 0.476.